The molecule has 1 aromatic carbocycles. The molecule has 0 aliphatic carbocycles. The molecular weight excluding hydrogens is 270 g/mol. The van der Waals surface area contributed by atoms with E-state index in [9.17, 15) is 9.59 Å². The Kier molecular flexibility index (Phi) is 3.51. The van der Waals surface area contributed by atoms with Crippen molar-refractivity contribution in [3.8, 4) is 0 Å². The fraction of sp³-hybridized carbons (Fsp3) is 0.133. The van der Waals surface area contributed by atoms with Crippen molar-refractivity contribution in [2.24, 2.45) is 0 Å². The lowest BCUT2D eigenvalue weighted by Gasteiger charge is -2.01. The van der Waals surface area contributed by atoms with E-state index >= 15 is 0 Å². The van der Waals surface area contributed by atoms with Gasteiger partial charge in [-0.05, 0) is 24.3 Å². The SMILES string of the molecule is O=C(CCC(=O)c1ccc2ocnc2c1)c1ccnnc1. The maximum atomic E-state index is 12.1. The number of nitrogens with zero attached hydrogens (tertiary/aromatic N) is 3. The summed E-state index contributed by atoms with van der Waals surface area (Å²) in [5.74, 6) is -0.226. The van der Waals surface area contributed by atoms with E-state index in [1.54, 1.807) is 24.3 Å². The number of rotatable bonds is 5. The summed E-state index contributed by atoms with van der Waals surface area (Å²) in [6.45, 7) is 0. The summed E-state index contributed by atoms with van der Waals surface area (Å²) in [7, 11) is 0. The summed E-state index contributed by atoms with van der Waals surface area (Å²) in [6, 6.07) is 6.62. The molecular formula is C15H11N3O3. The van der Waals surface area contributed by atoms with Crippen molar-refractivity contribution in [1.82, 2.24) is 15.2 Å². The Morgan fingerprint density at radius 1 is 1.00 bits per heavy atom. The summed E-state index contributed by atoms with van der Waals surface area (Å²) in [6.07, 6.45) is 4.46. The van der Waals surface area contributed by atoms with Gasteiger partial charge < -0.3 is 4.42 Å². The van der Waals surface area contributed by atoms with Gasteiger partial charge in [-0.1, -0.05) is 0 Å². The van der Waals surface area contributed by atoms with Gasteiger partial charge in [0.25, 0.3) is 0 Å². The van der Waals surface area contributed by atoms with Gasteiger partial charge in [0.05, 0.1) is 12.4 Å². The Balaban J connectivity index is 1.67. The van der Waals surface area contributed by atoms with Crippen molar-refractivity contribution in [1.29, 1.82) is 0 Å². The highest BCUT2D eigenvalue weighted by molar-refractivity contribution is 6.03. The van der Waals surface area contributed by atoms with Gasteiger partial charge in [0.2, 0.25) is 0 Å². The number of oxazole rings is 1. The fourth-order valence-electron chi connectivity index (χ4n) is 2.00. The summed E-state index contributed by atoms with van der Waals surface area (Å²) in [4.78, 5) is 28.0. The van der Waals surface area contributed by atoms with Crippen LogP contribution in [0.1, 0.15) is 33.6 Å². The van der Waals surface area contributed by atoms with Crippen LogP contribution in [0.25, 0.3) is 11.1 Å². The molecule has 0 aliphatic rings. The molecule has 6 heteroatoms. The van der Waals surface area contributed by atoms with Gasteiger partial charge in [-0.2, -0.15) is 10.2 Å². The number of carbonyl (C=O) groups is 2. The van der Waals surface area contributed by atoms with Crippen LogP contribution >= 0.6 is 0 Å². The molecule has 0 unspecified atom stereocenters. The first kappa shape index (κ1) is 13.1. The average molecular weight is 281 g/mol. The molecule has 0 spiro atoms. The molecule has 0 N–H and O–H groups in total. The zero-order valence-electron chi connectivity index (χ0n) is 11.0. The lowest BCUT2D eigenvalue weighted by molar-refractivity contribution is 0.0917. The van der Waals surface area contributed by atoms with E-state index in [4.69, 9.17) is 4.42 Å². The largest absolute Gasteiger partial charge is 0.443 e. The first-order chi connectivity index (χ1) is 10.2. The van der Waals surface area contributed by atoms with E-state index in [1.165, 1.54) is 18.8 Å². The molecule has 0 radical (unpaired) electrons. The minimum Gasteiger partial charge on any atom is -0.443 e. The van der Waals surface area contributed by atoms with Gasteiger partial charge in [0, 0.05) is 24.0 Å². The molecule has 6 nitrogen and oxygen atoms in total. The van der Waals surface area contributed by atoms with E-state index < -0.39 is 0 Å². The smallest absolute Gasteiger partial charge is 0.181 e. The van der Waals surface area contributed by atoms with Gasteiger partial charge in [-0.3, -0.25) is 9.59 Å². The second-order valence-electron chi connectivity index (χ2n) is 4.51. The first-order valence-corrected chi connectivity index (χ1v) is 6.40. The molecule has 2 heterocycles. The van der Waals surface area contributed by atoms with Crippen LogP contribution in [0.2, 0.25) is 0 Å². The number of Topliss-reactive ketones (excluding diaryl/α,β-unsaturated/α-hetero) is 2. The van der Waals surface area contributed by atoms with Crippen LogP contribution in [0.15, 0.2) is 47.5 Å². The highest BCUT2D eigenvalue weighted by Gasteiger charge is 2.12. The lowest BCUT2D eigenvalue weighted by atomic mass is 10.0. The normalized spacial score (nSPS) is 10.7. The monoisotopic (exact) mass is 281 g/mol. The highest BCUT2D eigenvalue weighted by atomic mass is 16.3. The second-order valence-corrected chi connectivity index (χ2v) is 4.51. The van der Waals surface area contributed by atoms with E-state index in [2.05, 4.69) is 15.2 Å². The van der Waals surface area contributed by atoms with Gasteiger partial charge in [-0.15, -0.1) is 0 Å². The van der Waals surface area contributed by atoms with Crippen LogP contribution < -0.4 is 0 Å². The molecule has 0 fully saturated rings. The predicted molar refractivity (Wildman–Crippen MR) is 73.9 cm³/mol. The standard InChI is InChI=1S/C15H11N3O3/c19-13(2-3-14(20)11-5-6-17-18-8-11)10-1-4-15-12(7-10)16-9-21-15/h1,4-9H,2-3H2. The van der Waals surface area contributed by atoms with Crippen LogP contribution in [-0.4, -0.2) is 26.7 Å². The molecule has 0 saturated carbocycles. The number of fused-ring (bicyclic) bond motifs is 1. The minimum atomic E-state index is -0.124. The summed E-state index contributed by atoms with van der Waals surface area (Å²) < 4.78 is 5.12. The molecule has 2 aromatic heterocycles. The van der Waals surface area contributed by atoms with Gasteiger partial charge in [0.1, 0.15) is 5.52 Å². The molecule has 0 saturated heterocycles. The van der Waals surface area contributed by atoms with Crippen molar-refractivity contribution in [2.45, 2.75) is 12.8 Å². The van der Waals surface area contributed by atoms with Crippen molar-refractivity contribution in [3.63, 3.8) is 0 Å². The van der Waals surface area contributed by atoms with Gasteiger partial charge in [-0.25, -0.2) is 4.98 Å². The minimum absolute atomic E-state index is 0.102. The number of hydrogen-bond donors (Lipinski definition) is 0. The number of benzene rings is 1. The summed E-state index contributed by atoms with van der Waals surface area (Å²) in [5.41, 5.74) is 2.25. The molecule has 0 aliphatic heterocycles. The van der Waals surface area contributed by atoms with E-state index in [1.807, 2.05) is 0 Å². The Morgan fingerprint density at radius 3 is 2.57 bits per heavy atom. The van der Waals surface area contributed by atoms with Crippen LogP contribution in [0, 0.1) is 0 Å². The Bertz CT molecular complexity index is 796. The second kappa shape index (κ2) is 5.62. The molecule has 0 amide bonds. The van der Waals surface area contributed by atoms with E-state index in [0.717, 1.165) is 0 Å². The van der Waals surface area contributed by atoms with Crippen molar-refractivity contribution >= 4 is 22.7 Å². The molecule has 21 heavy (non-hydrogen) atoms. The third-order valence-corrected chi connectivity index (χ3v) is 3.14. The van der Waals surface area contributed by atoms with Gasteiger partial charge >= 0.3 is 0 Å². The molecule has 104 valence electrons. The maximum Gasteiger partial charge on any atom is 0.181 e. The van der Waals surface area contributed by atoms with Crippen LogP contribution in [-0.2, 0) is 0 Å². The van der Waals surface area contributed by atoms with Crippen molar-refractivity contribution < 1.29 is 14.0 Å². The third-order valence-electron chi connectivity index (χ3n) is 3.14. The third kappa shape index (κ3) is 2.84. The van der Waals surface area contributed by atoms with E-state index in [0.29, 0.717) is 22.2 Å². The average Bonchev–Trinajstić information content (AvgIpc) is 3.00. The Hall–Kier alpha value is -2.89. The quantitative estimate of drug-likeness (QED) is 0.668. The topological polar surface area (TPSA) is 86.0 Å². The van der Waals surface area contributed by atoms with E-state index in [-0.39, 0.29) is 24.4 Å². The number of aromatic nitrogens is 3. The van der Waals surface area contributed by atoms with Gasteiger partial charge in [0.15, 0.2) is 23.5 Å². The zero-order valence-corrected chi connectivity index (χ0v) is 11.0. The maximum absolute atomic E-state index is 12.1. The summed E-state index contributed by atoms with van der Waals surface area (Å²) in [5, 5.41) is 7.25. The van der Waals surface area contributed by atoms with Crippen LogP contribution in [0.4, 0.5) is 0 Å². The number of ketones is 2. The number of hydrogen-bond acceptors (Lipinski definition) is 6. The Morgan fingerprint density at radius 2 is 1.81 bits per heavy atom. The van der Waals surface area contributed by atoms with Crippen molar-refractivity contribution in [3.05, 3.63) is 54.2 Å². The molecule has 3 rings (SSSR count). The van der Waals surface area contributed by atoms with Crippen molar-refractivity contribution in [2.75, 3.05) is 0 Å². The Labute approximate surface area is 119 Å². The molecule has 0 bridgehead atoms. The lowest BCUT2D eigenvalue weighted by Crippen LogP contribution is -2.05. The fourth-order valence-corrected chi connectivity index (χ4v) is 2.00. The number of carbonyl (C=O) groups excluding carboxylic acids is 2. The first-order valence-electron chi connectivity index (χ1n) is 6.40. The van der Waals surface area contributed by atoms with Crippen LogP contribution in [0.3, 0.4) is 0 Å². The highest BCUT2D eigenvalue weighted by Crippen LogP contribution is 2.16. The molecule has 0 atom stereocenters. The van der Waals surface area contributed by atoms with Crippen LogP contribution in [0.5, 0.6) is 0 Å². The predicted octanol–water partition coefficient (Wildman–Crippen LogP) is 2.46. The zero-order chi connectivity index (χ0) is 14.7. The summed E-state index contributed by atoms with van der Waals surface area (Å²) >= 11 is 0. The molecule has 3 aromatic rings.